The monoisotopic (exact) mass is 403 g/mol. The van der Waals surface area contributed by atoms with Crippen LogP contribution in [0, 0.1) is 6.92 Å². The van der Waals surface area contributed by atoms with Crippen molar-refractivity contribution in [2.24, 2.45) is 0 Å². The molecule has 2 aliphatic rings. The number of rotatable bonds is 3. The number of H-pyrrole nitrogens is 1. The summed E-state index contributed by atoms with van der Waals surface area (Å²) in [5, 5.41) is 20.3. The summed E-state index contributed by atoms with van der Waals surface area (Å²) >= 11 is 0. The van der Waals surface area contributed by atoms with Gasteiger partial charge >= 0.3 is 0 Å². The Labute approximate surface area is 172 Å². The van der Waals surface area contributed by atoms with Gasteiger partial charge < -0.3 is 9.26 Å². The number of aromatic amines is 1. The van der Waals surface area contributed by atoms with E-state index in [1.54, 1.807) is 0 Å². The Hall–Kier alpha value is -3.33. The van der Waals surface area contributed by atoms with Crippen LogP contribution in [0.25, 0.3) is 23.1 Å². The predicted octanol–water partition coefficient (Wildman–Crippen LogP) is 3.18. The molecule has 6 rings (SSSR count). The Morgan fingerprint density at radius 2 is 1.97 bits per heavy atom. The Morgan fingerprint density at radius 3 is 2.87 bits per heavy atom. The Balaban J connectivity index is 1.28. The molecule has 1 aromatic carbocycles. The number of aryl methyl sites for hydroxylation is 2. The van der Waals surface area contributed by atoms with Crippen LogP contribution in [-0.2, 0) is 30.7 Å². The first kappa shape index (κ1) is 17.5. The van der Waals surface area contributed by atoms with Crippen molar-refractivity contribution in [2.75, 3.05) is 0 Å². The van der Waals surface area contributed by atoms with Crippen molar-refractivity contribution < 1.29 is 9.26 Å². The average Bonchev–Trinajstić information content (AvgIpc) is 3.51. The molecule has 0 saturated carbocycles. The van der Waals surface area contributed by atoms with E-state index in [0.717, 1.165) is 36.2 Å². The highest BCUT2D eigenvalue weighted by atomic mass is 16.5. The molecule has 0 radical (unpaired) electrons. The third kappa shape index (κ3) is 2.85. The number of hydrogen-bond acceptors (Lipinski definition) is 7. The van der Waals surface area contributed by atoms with E-state index in [2.05, 4.69) is 61.8 Å². The molecule has 3 aromatic heterocycles. The molecule has 0 spiro atoms. The third-order valence-corrected chi connectivity index (χ3v) is 5.94. The first-order valence-electron chi connectivity index (χ1n) is 10.3. The molecule has 0 bridgehead atoms. The fourth-order valence-electron chi connectivity index (χ4n) is 4.24. The summed E-state index contributed by atoms with van der Waals surface area (Å²) in [6.45, 7) is 3.07. The third-order valence-electron chi connectivity index (χ3n) is 5.94. The molecule has 1 aliphatic heterocycles. The van der Waals surface area contributed by atoms with E-state index in [1.165, 1.54) is 23.2 Å². The van der Waals surface area contributed by atoms with Gasteiger partial charge in [-0.15, -0.1) is 5.10 Å². The maximum atomic E-state index is 6.10. The summed E-state index contributed by atoms with van der Waals surface area (Å²) in [6.07, 6.45) is 4.28. The highest BCUT2D eigenvalue weighted by Crippen LogP contribution is 2.32. The zero-order chi connectivity index (χ0) is 20.1. The molecule has 0 saturated heterocycles. The van der Waals surface area contributed by atoms with Crippen LogP contribution in [-0.4, -0.2) is 35.3 Å². The lowest BCUT2D eigenvalue weighted by molar-refractivity contribution is -0.00112. The maximum absolute atomic E-state index is 6.10. The molecule has 1 N–H and O–H groups in total. The summed E-state index contributed by atoms with van der Waals surface area (Å²) in [5.41, 5.74) is 6.92. The van der Waals surface area contributed by atoms with Crippen molar-refractivity contribution in [3.05, 3.63) is 52.3 Å². The van der Waals surface area contributed by atoms with E-state index in [0.29, 0.717) is 30.6 Å². The molecule has 1 atom stereocenters. The molecule has 9 heteroatoms. The molecular formula is C21H21N7O2. The van der Waals surface area contributed by atoms with Crippen molar-refractivity contribution in [2.45, 2.75) is 51.9 Å². The molecule has 0 unspecified atom stereocenters. The predicted molar refractivity (Wildman–Crippen MR) is 106 cm³/mol. The van der Waals surface area contributed by atoms with Crippen molar-refractivity contribution in [1.82, 2.24) is 35.3 Å². The van der Waals surface area contributed by atoms with Gasteiger partial charge in [0.2, 0.25) is 5.82 Å². The fourth-order valence-corrected chi connectivity index (χ4v) is 4.24. The molecule has 0 amide bonds. The number of benzene rings is 1. The minimum atomic E-state index is -0.0518. The summed E-state index contributed by atoms with van der Waals surface area (Å²) in [5.74, 6) is 0.830. The van der Waals surface area contributed by atoms with Crippen LogP contribution in [0.15, 0.2) is 28.8 Å². The SMILES string of the molecule is Cc1ccc([C@H]2Cn3nnc(-c4noc(-c5n[nH]c6c5CCCC6)n4)c3CO2)cc1. The lowest BCUT2D eigenvalue weighted by Crippen LogP contribution is -2.22. The van der Waals surface area contributed by atoms with Crippen LogP contribution in [0.1, 0.15) is 47.0 Å². The minimum absolute atomic E-state index is 0.0518. The van der Waals surface area contributed by atoms with Gasteiger partial charge in [0.25, 0.3) is 5.89 Å². The van der Waals surface area contributed by atoms with E-state index >= 15 is 0 Å². The number of ether oxygens (including phenoxy) is 1. The quantitative estimate of drug-likeness (QED) is 0.560. The zero-order valence-electron chi connectivity index (χ0n) is 16.6. The van der Waals surface area contributed by atoms with Gasteiger partial charge in [-0.2, -0.15) is 10.1 Å². The van der Waals surface area contributed by atoms with Crippen molar-refractivity contribution in [3.63, 3.8) is 0 Å². The first-order valence-corrected chi connectivity index (χ1v) is 10.3. The van der Waals surface area contributed by atoms with Gasteiger partial charge in [-0.05, 0) is 38.2 Å². The number of nitrogens with one attached hydrogen (secondary N) is 1. The first-order chi connectivity index (χ1) is 14.8. The van der Waals surface area contributed by atoms with Gasteiger partial charge in [0, 0.05) is 11.3 Å². The summed E-state index contributed by atoms with van der Waals surface area (Å²) < 4.78 is 13.5. The molecule has 1 aliphatic carbocycles. The van der Waals surface area contributed by atoms with Gasteiger partial charge in [-0.3, -0.25) is 5.10 Å². The van der Waals surface area contributed by atoms with Crippen molar-refractivity contribution >= 4 is 0 Å². The van der Waals surface area contributed by atoms with Crippen molar-refractivity contribution in [1.29, 1.82) is 0 Å². The van der Waals surface area contributed by atoms with Gasteiger partial charge in [-0.25, -0.2) is 4.68 Å². The summed E-state index contributed by atoms with van der Waals surface area (Å²) in [7, 11) is 0. The fraction of sp³-hybridized carbons (Fsp3) is 0.381. The minimum Gasteiger partial charge on any atom is -0.365 e. The largest absolute Gasteiger partial charge is 0.365 e. The molecule has 30 heavy (non-hydrogen) atoms. The highest BCUT2D eigenvalue weighted by molar-refractivity contribution is 5.59. The van der Waals surface area contributed by atoms with Crippen LogP contribution in [0.4, 0.5) is 0 Å². The molecule has 4 heterocycles. The van der Waals surface area contributed by atoms with Crippen LogP contribution in [0.3, 0.4) is 0 Å². The van der Waals surface area contributed by atoms with E-state index in [1.807, 2.05) is 4.68 Å². The van der Waals surface area contributed by atoms with Crippen LogP contribution in [0.2, 0.25) is 0 Å². The number of nitrogens with zero attached hydrogens (tertiary/aromatic N) is 6. The molecule has 4 aromatic rings. The van der Waals surface area contributed by atoms with Crippen LogP contribution >= 0.6 is 0 Å². The smallest absolute Gasteiger partial charge is 0.279 e. The zero-order valence-corrected chi connectivity index (χ0v) is 16.6. The molecule has 0 fully saturated rings. The second-order valence-electron chi connectivity index (χ2n) is 7.94. The van der Waals surface area contributed by atoms with E-state index in [4.69, 9.17) is 9.26 Å². The second-order valence-corrected chi connectivity index (χ2v) is 7.94. The lowest BCUT2D eigenvalue weighted by Gasteiger charge is -2.24. The Morgan fingerprint density at radius 1 is 1.10 bits per heavy atom. The molecule has 9 nitrogen and oxygen atoms in total. The highest BCUT2D eigenvalue weighted by Gasteiger charge is 2.29. The summed E-state index contributed by atoms with van der Waals surface area (Å²) in [6, 6.07) is 8.38. The van der Waals surface area contributed by atoms with Gasteiger partial charge in [0.1, 0.15) is 6.10 Å². The Bertz CT molecular complexity index is 1200. The molecule has 152 valence electrons. The topological polar surface area (TPSA) is 108 Å². The van der Waals surface area contributed by atoms with E-state index in [-0.39, 0.29) is 6.10 Å². The second kappa shape index (κ2) is 6.88. The van der Waals surface area contributed by atoms with E-state index < -0.39 is 0 Å². The Kier molecular flexibility index (Phi) is 4.02. The van der Waals surface area contributed by atoms with Gasteiger partial charge in [0.15, 0.2) is 11.4 Å². The standard InChI is InChI=1S/C21H21N7O2/c1-12-6-8-13(9-7-12)17-10-28-16(11-29-17)19(25-27-28)20-22-21(30-26-20)18-14-4-2-3-5-15(14)23-24-18/h6-9,17H,2-5,10-11H2,1H3,(H,23,24)/t17-/m1/s1. The average molecular weight is 403 g/mol. The maximum Gasteiger partial charge on any atom is 0.279 e. The normalized spacial score (nSPS) is 18.2. The van der Waals surface area contributed by atoms with Crippen molar-refractivity contribution in [3.8, 4) is 23.1 Å². The van der Waals surface area contributed by atoms with E-state index in [9.17, 15) is 0 Å². The molecular weight excluding hydrogens is 382 g/mol. The van der Waals surface area contributed by atoms with Crippen LogP contribution in [0.5, 0.6) is 0 Å². The number of aromatic nitrogens is 7. The van der Waals surface area contributed by atoms with Crippen LogP contribution < -0.4 is 0 Å². The summed E-state index contributed by atoms with van der Waals surface area (Å²) in [4.78, 5) is 4.57. The van der Waals surface area contributed by atoms with Gasteiger partial charge in [0.05, 0.1) is 18.8 Å². The van der Waals surface area contributed by atoms with Gasteiger partial charge in [-0.1, -0.05) is 40.2 Å². The number of fused-ring (bicyclic) bond motifs is 2. The lowest BCUT2D eigenvalue weighted by atomic mass is 9.96. The number of hydrogen-bond donors (Lipinski definition) is 1.